The summed E-state index contributed by atoms with van der Waals surface area (Å²) in [4.78, 5) is 22.9. The van der Waals surface area contributed by atoms with Gasteiger partial charge in [-0.15, -0.1) is 0 Å². The summed E-state index contributed by atoms with van der Waals surface area (Å²) in [5.41, 5.74) is -0.988. The Labute approximate surface area is 70.1 Å². The van der Waals surface area contributed by atoms with E-state index in [1.807, 2.05) is 0 Å². The van der Waals surface area contributed by atoms with Gasteiger partial charge in [0.05, 0.1) is 6.10 Å². The number of Topliss-reactive ketones (excluding diaryl/α,β-unsaturated/α-hetero) is 2. The van der Waals surface area contributed by atoms with Crippen molar-refractivity contribution in [1.29, 1.82) is 0 Å². The quantitative estimate of drug-likeness (QED) is 0.527. The maximum absolute atomic E-state index is 11.6. The molecule has 64 valence electrons. The Bertz CT molecular complexity index is 292. The van der Waals surface area contributed by atoms with Crippen LogP contribution in [-0.2, 0) is 14.3 Å². The third-order valence-corrected chi connectivity index (χ3v) is 3.61. The van der Waals surface area contributed by atoms with Crippen LogP contribution in [0.1, 0.15) is 19.8 Å². The van der Waals surface area contributed by atoms with E-state index in [1.54, 1.807) is 0 Å². The molecule has 1 saturated carbocycles. The largest absolute Gasteiger partial charge is 0.355 e. The molecule has 0 unspecified atom stereocenters. The highest BCUT2D eigenvalue weighted by molar-refractivity contribution is 6.13. The summed E-state index contributed by atoms with van der Waals surface area (Å²) in [6.07, 6.45) is 1.71. The summed E-state index contributed by atoms with van der Waals surface area (Å²) in [7, 11) is 0. The molecule has 1 aliphatic carbocycles. The molecule has 0 aromatic rings. The molecule has 3 nitrogen and oxygen atoms in total. The standard InChI is InChI=1S/C9H10O3/c1-4(10)9-3-5-2-6(8(9)11)7(5)12-9/h5-7H,2-3H2,1H3/t5-,6-,7+,9+/m0/s1. The Balaban J connectivity index is 2.09. The summed E-state index contributed by atoms with van der Waals surface area (Å²) >= 11 is 0. The number of ether oxygens (including phenoxy) is 1. The SMILES string of the molecule is CC(=O)[C@]12C[C@@H]3C[C@H](C1=O)[C@@H]3O2. The highest BCUT2D eigenvalue weighted by Gasteiger charge is 2.71. The van der Waals surface area contributed by atoms with Crippen LogP contribution in [0.5, 0.6) is 0 Å². The van der Waals surface area contributed by atoms with Gasteiger partial charge in [0.2, 0.25) is 0 Å². The van der Waals surface area contributed by atoms with Crippen LogP contribution in [-0.4, -0.2) is 23.3 Å². The molecule has 12 heavy (non-hydrogen) atoms. The second-order valence-corrected chi connectivity index (χ2v) is 4.14. The zero-order valence-corrected chi connectivity index (χ0v) is 6.87. The molecule has 3 aliphatic rings. The molecule has 0 N–H and O–H groups in total. The van der Waals surface area contributed by atoms with E-state index in [1.165, 1.54) is 6.92 Å². The van der Waals surface area contributed by atoms with Crippen molar-refractivity contribution in [2.45, 2.75) is 31.5 Å². The lowest BCUT2D eigenvalue weighted by Gasteiger charge is -2.38. The lowest BCUT2D eigenvalue weighted by Crippen LogP contribution is -2.52. The Morgan fingerprint density at radius 2 is 2.42 bits per heavy atom. The van der Waals surface area contributed by atoms with Gasteiger partial charge in [-0.25, -0.2) is 0 Å². The van der Waals surface area contributed by atoms with Gasteiger partial charge in [-0.05, 0) is 25.7 Å². The maximum Gasteiger partial charge on any atom is 0.185 e. The van der Waals surface area contributed by atoms with Crippen LogP contribution in [0.25, 0.3) is 0 Å². The molecule has 0 aromatic carbocycles. The van der Waals surface area contributed by atoms with Crippen molar-refractivity contribution >= 4 is 11.6 Å². The summed E-state index contributed by atoms with van der Waals surface area (Å²) in [6, 6.07) is 0. The van der Waals surface area contributed by atoms with Gasteiger partial charge >= 0.3 is 0 Å². The second-order valence-electron chi connectivity index (χ2n) is 4.14. The monoisotopic (exact) mass is 166 g/mol. The third kappa shape index (κ3) is 0.460. The highest BCUT2D eigenvalue weighted by atomic mass is 16.5. The molecule has 0 spiro atoms. The first kappa shape index (κ1) is 6.78. The van der Waals surface area contributed by atoms with Gasteiger partial charge in [0.1, 0.15) is 0 Å². The fraction of sp³-hybridized carbons (Fsp3) is 0.778. The molecule has 2 bridgehead atoms. The predicted molar refractivity (Wildman–Crippen MR) is 39.5 cm³/mol. The second kappa shape index (κ2) is 1.64. The maximum atomic E-state index is 11.6. The lowest BCUT2D eigenvalue weighted by molar-refractivity contribution is -0.145. The third-order valence-electron chi connectivity index (χ3n) is 3.61. The lowest BCUT2D eigenvalue weighted by atomic mass is 9.60. The summed E-state index contributed by atoms with van der Waals surface area (Å²) in [5, 5.41) is 0. The van der Waals surface area contributed by atoms with Gasteiger partial charge in [0.15, 0.2) is 17.2 Å². The van der Waals surface area contributed by atoms with Crippen molar-refractivity contribution in [3.8, 4) is 0 Å². The molecule has 0 aromatic heterocycles. The molecule has 0 amide bonds. The van der Waals surface area contributed by atoms with Crippen LogP contribution in [0.15, 0.2) is 0 Å². The fourth-order valence-electron chi connectivity index (χ4n) is 2.87. The fourth-order valence-corrected chi connectivity index (χ4v) is 2.87. The average molecular weight is 166 g/mol. The van der Waals surface area contributed by atoms with Crippen LogP contribution < -0.4 is 0 Å². The average Bonchev–Trinajstić information content (AvgIpc) is 2.37. The normalized spacial score (nSPS) is 54.1. The van der Waals surface area contributed by atoms with E-state index in [4.69, 9.17) is 4.74 Å². The molecule has 2 heterocycles. The molecule has 3 fully saturated rings. The Hall–Kier alpha value is -0.700. The summed E-state index contributed by atoms with van der Waals surface area (Å²) in [6.45, 7) is 1.46. The van der Waals surface area contributed by atoms with Crippen LogP contribution in [0.3, 0.4) is 0 Å². The first-order chi connectivity index (χ1) is 5.65. The molecule has 2 aliphatic heterocycles. The van der Waals surface area contributed by atoms with Gasteiger partial charge in [-0.1, -0.05) is 0 Å². The number of carbonyl (C=O) groups is 2. The Morgan fingerprint density at radius 3 is 2.75 bits per heavy atom. The van der Waals surface area contributed by atoms with Crippen molar-refractivity contribution in [1.82, 2.24) is 0 Å². The van der Waals surface area contributed by atoms with E-state index in [9.17, 15) is 9.59 Å². The zero-order chi connectivity index (χ0) is 8.51. The van der Waals surface area contributed by atoms with Crippen LogP contribution in [0, 0.1) is 11.8 Å². The highest BCUT2D eigenvalue weighted by Crippen LogP contribution is 2.59. The number of rotatable bonds is 1. The molecular formula is C9H10O3. The van der Waals surface area contributed by atoms with E-state index in [0.717, 1.165) is 6.42 Å². The van der Waals surface area contributed by atoms with Crippen molar-refractivity contribution in [2.75, 3.05) is 0 Å². The number of carbonyl (C=O) groups excluding carboxylic acids is 2. The number of fused-ring (bicyclic) bond motifs is 1. The number of hydrogen-bond acceptors (Lipinski definition) is 3. The van der Waals surface area contributed by atoms with Gasteiger partial charge in [0, 0.05) is 5.92 Å². The Morgan fingerprint density at radius 1 is 1.67 bits per heavy atom. The first-order valence-corrected chi connectivity index (χ1v) is 4.38. The van der Waals surface area contributed by atoms with E-state index in [0.29, 0.717) is 12.3 Å². The first-order valence-electron chi connectivity index (χ1n) is 4.38. The minimum absolute atomic E-state index is 0.0579. The molecule has 3 heteroatoms. The zero-order valence-electron chi connectivity index (χ0n) is 6.87. The number of hydrogen-bond donors (Lipinski definition) is 0. The molecule has 2 saturated heterocycles. The van der Waals surface area contributed by atoms with E-state index < -0.39 is 5.60 Å². The van der Waals surface area contributed by atoms with Gasteiger partial charge < -0.3 is 4.74 Å². The molecule has 0 radical (unpaired) electrons. The van der Waals surface area contributed by atoms with Crippen molar-refractivity contribution < 1.29 is 14.3 Å². The Kier molecular flexibility index (Phi) is 0.927. The van der Waals surface area contributed by atoms with Crippen LogP contribution in [0.2, 0.25) is 0 Å². The van der Waals surface area contributed by atoms with E-state index in [-0.39, 0.29) is 23.6 Å². The van der Waals surface area contributed by atoms with Crippen LogP contribution in [0.4, 0.5) is 0 Å². The van der Waals surface area contributed by atoms with Gasteiger partial charge in [0.25, 0.3) is 0 Å². The van der Waals surface area contributed by atoms with Crippen molar-refractivity contribution in [3.05, 3.63) is 0 Å². The van der Waals surface area contributed by atoms with E-state index >= 15 is 0 Å². The summed E-state index contributed by atoms with van der Waals surface area (Å²) < 4.78 is 5.50. The van der Waals surface area contributed by atoms with Crippen molar-refractivity contribution in [2.24, 2.45) is 11.8 Å². The number of ketones is 2. The topological polar surface area (TPSA) is 43.4 Å². The van der Waals surface area contributed by atoms with Gasteiger partial charge in [-0.2, -0.15) is 0 Å². The smallest absolute Gasteiger partial charge is 0.185 e. The molecule has 3 rings (SSSR count). The summed E-state index contributed by atoms with van der Waals surface area (Å²) in [5.74, 6) is 0.522. The van der Waals surface area contributed by atoms with Gasteiger partial charge in [-0.3, -0.25) is 9.59 Å². The minimum atomic E-state index is -0.988. The molecular weight excluding hydrogens is 156 g/mol. The van der Waals surface area contributed by atoms with E-state index in [2.05, 4.69) is 0 Å². The van der Waals surface area contributed by atoms with Crippen molar-refractivity contribution in [3.63, 3.8) is 0 Å². The molecule has 4 atom stereocenters. The predicted octanol–water partition coefficient (Wildman–Crippen LogP) is 0.322. The van der Waals surface area contributed by atoms with Crippen LogP contribution >= 0.6 is 0 Å². The minimum Gasteiger partial charge on any atom is -0.355 e.